The van der Waals surface area contributed by atoms with Crippen LogP contribution in [-0.2, 0) is 27.9 Å². The minimum atomic E-state index is -4.29. The van der Waals surface area contributed by atoms with Gasteiger partial charge in [-0.3, -0.25) is 13.8 Å². The topological polar surface area (TPSA) is 117 Å². The third kappa shape index (κ3) is 41.2. The molecule has 0 aromatic heterocycles. The molecule has 0 aromatic carbocycles. The molecule has 8 nitrogen and oxygen atoms in total. The first-order valence-electron chi connectivity index (χ1n) is 21.3. The summed E-state index contributed by atoms with van der Waals surface area (Å²) in [4.78, 5) is 22.5. The molecule has 0 aliphatic heterocycles. The smallest absolute Gasteiger partial charge is 0.457 e. The minimum absolute atomic E-state index is 0.0925. The van der Waals surface area contributed by atoms with E-state index in [4.69, 9.17) is 24.3 Å². The zero-order valence-corrected chi connectivity index (χ0v) is 34.9. The second-order valence-electron chi connectivity index (χ2n) is 13.8. The molecule has 53 heavy (non-hydrogen) atoms. The highest BCUT2D eigenvalue weighted by Crippen LogP contribution is 2.43. The van der Waals surface area contributed by atoms with Gasteiger partial charge in [-0.2, -0.15) is 0 Å². The fraction of sp³-hybridized carbons (Fsp3) is 0.750. The highest BCUT2D eigenvalue weighted by atomic mass is 31.2. The summed E-state index contributed by atoms with van der Waals surface area (Å²) in [6.07, 6.45) is 49.5. The summed E-state index contributed by atoms with van der Waals surface area (Å²) < 4.78 is 33.4. The van der Waals surface area contributed by atoms with Gasteiger partial charge < -0.3 is 20.1 Å². The van der Waals surface area contributed by atoms with Crippen LogP contribution >= 0.6 is 7.82 Å². The number of hydrogen-bond acceptors (Lipinski definition) is 7. The van der Waals surface area contributed by atoms with E-state index in [0.29, 0.717) is 6.61 Å². The standard InChI is InChI=1S/C44H80NO7P/c1-3-5-7-9-11-13-15-17-19-21-23-25-27-29-31-33-35-37-44(46)52-43(42-51-53(47,48)50-40-38-45)41-49-39-36-34-32-30-28-26-24-22-20-18-16-14-12-10-8-6-4-2/h5,7,11,13,17,19-20,22-23,25,43H,3-4,6,8-10,12,14-16,18,21,24,26-42,45H2,1-2H3,(H,47,48)/b7-5-,13-11-,19-17-,22-20-,25-23-. The first-order chi connectivity index (χ1) is 25.9. The summed E-state index contributed by atoms with van der Waals surface area (Å²) >= 11 is 0. The van der Waals surface area contributed by atoms with Gasteiger partial charge in [-0.1, -0.05) is 152 Å². The summed E-state index contributed by atoms with van der Waals surface area (Å²) in [5.74, 6) is -0.357. The van der Waals surface area contributed by atoms with E-state index in [2.05, 4.69) is 74.6 Å². The van der Waals surface area contributed by atoms with Crippen LogP contribution in [0.2, 0.25) is 0 Å². The molecule has 0 saturated carbocycles. The summed E-state index contributed by atoms with van der Waals surface area (Å²) in [6, 6.07) is 0. The van der Waals surface area contributed by atoms with Crippen LogP contribution in [0.5, 0.6) is 0 Å². The van der Waals surface area contributed by atoms with Gasteiger partial charge in [0.15, 0.2) is 0 Å². The van der Waals surface area contributed by atoms with Gasteiger partial charge in [-0.15, -0.1) is 0 Å². The Morgan fingerprint density at radius 2 is 1.06 bits per heavy atom. The second-order valence-corrected chi connectivity index (χ2v) is 15.3. The van der Waals surface area contributed by atoms with Crippen LogP contribution in [0.4, 0.5) is 0 Å². The average molecular weight is 766 g/mol. The highest BCUT2D eigenvalue weighted by Gasteiger charge is 2.25. The quantitative estimate of drug-likeness (QED) is 0.0274. The van der Waals surface area contributed by atoms with Gasteiger partial charge in [-0.05, 0) is 77.0 Å². The molecule has 0 spiro atoms. The van der Waals surface area contributed by atoms with Crippen LogP contribution in [0.3, 0.4) is 0 Å². The Kier molecular flexibility index (Phi) is 40.0. The van der Waals surface area contributed by atoms with E-state index in [1.54, 1.807) is 0 Å². The molecule has 308 valence electrons. The zero-order chi connectivity index (χ0) is 38.8. The normalized spacial score (nSPS) is 14.1. The number of phosphoric ester groups is 1. The number of rotatable bonds is 40. The molecule has 0 heterocycles. The van der Waals surface area contributed by atoms with E-state index in [0.717, 1.165) is 70.6 Å². The number of carbonyl (C=O) groups excluding carboxylic acids is 1. The summed E-state index contributed by atoms with van der Waals surface area (Å²) in [6.45, 7) is 4.75. The van der Waals surface area contributed by atoms with Crippen molar-refractivity contribution in [2.75, 3.05) is 33.0 Å². The Morgan fingerprint density at radius 3 is 1.60 bits per heavy atom. The third-order valence-corrected chi connectivity index (χ3v) is 9.65. The van der Waals surface area contributed by atoms with Crippen molar-refractivity contribution >= 4 is 13.8 Å². The third-order valence-electron chi connectivity index (χ3n) is 8.67. The number of ether oxygens (including phenoxy) is 2. The monoisotopic (exact) mass is 766 g/mol. The zero-order valence-electron chi connectivity index (χ0n) is 34.0. The van der Waals surface area contributed by atoms with Crippen molar-refractivity contribution in [1.82, 2.24) is 0 Å². The summed E-state index contributed by atoms with van der Waals surface area (Å²) in [5.41, 5.74) is 5.36. The predicted molar refractivity (Wildman–Crippen MR) is 224 cm³/mol. The van der Waals surface area contributed by atoms with Gasteiger partial charge in [0.1, 0.15) is 6.10 Å². The van der Waals surface area contributed by atoms with E-state index in [-0.39, 0.29) is 38.8 Å². The van der Waals surface area contributed by atoms with E-state index in [1.165, 1.54) is 83.5 Å². The molecule has 2 unspecified atom stereocenters. The maximum atomic E-state index is 12.6. The second kappa shape index (κ2) is 41.4. The maximum absolute atomic E-state index is 12.6. The number of esters is 1. The molecular formula is C44H80NO7P. The lowest BCUT2D eigenvalue weighted by molar-refractivity contribution is -0.154. The lowest BCUT2D eigenvalue weighted by Gasteiger charge is -2.20. The van der Waals surface area contributed by atoms with Crippen molar-refractivity contribution in [3.63, 3.8) is 0 Å². The highest BCUT2D eigenvalue weighted by molar-refractivity contribution is 7.47. The number of nitrogens with two attached hydrogens (primary N) is 1. The summed E-state index contributed by atoms with van der Waals surface area (Å²) in [7, 11) is -4.29. The lowest BCUT2D eigenvalue weighted by atomic mass is 10.1. The molecule has 0 aromatic rings. The molecular weight excluding hydrogens is 685 g/mol. The SMILES string of the molecule is CC/C=C\C/C=C\C/C=C\C/C=C\CCCCCCC(=O)OC(COCCCCCCCC/C=C\CCCCCCCCC)COP(=O)(O)OCCN. The van der Waals surface area contributed by atoms with Gasteiger partial charge in [0.2, 0.25) is 0 Å². The lowest BCUT2D eigenvalue weighted by Crippen LogP contribution is -2.28. The van der Waals surface area contributed by atoms with E-state index < -0.39 is 13.9 Å². The Hall–Kier alpha value is -1.80. The van der Waals surface area contributed by atoms with Crippen molar-refractivity contribution in [3.05, 3.63) is 60.8 Å². The van der Waals surface area contributed by atoms with Crippen molar-refractivity contribution in [3.8, 4) is 0 Å². The van der Waals surface area contributed by atoms with E-state index >= 15 is 0 Å². The molecule has 0 fully saturated rings. The minimum Gasteiger partial charge on any atom is -0.457 e. The van der Waals surface area contributed by atoms with Crippen LogP contribution in [0.1, 0.15) is 174 Å². The molecule has 0 aliphatic rings. The Balaban J connectivity index is 4.11. The Labute approximate surface area is 325 Å². The maximum Gasteiger partial charge on any atom is 0.472 e. The van der Waals surface area contributed by atoms with Crippen molar-refractivity contribution < 1.29 is 32.8 Å². The molecule has 0 amide bonds. The molecule has 0 rings (SSSR count). The van der Waals surface area contributed by atoms with Gasteiger partial charge in [0.05, 0.1) is 19.8 Å². The number of hydrogen-bond donors (Lipinski definition) is 2. The van der Waals surface area contributed by atoms with Gasteiger partial charge in [0.25, 0.3) is 0 Å². The van der Waals surface area contributed by atoms with Gasteiger partial charge in [0, 0.05) is 19.6 Å². The molecule has 3 N–H and O–H groups in total. The largest absolute Gasteiger partial charge is 0.472 e. The van der Waals surface area contributed by atoms with Crippen LogP contribution in [0.25, 0.3) is 0 Å². The Bertz CT molecular complexity index is 994. The van der Waals surface area contributed by atoms with Gasteiger partial charge >= 0.3 is 13.8 Å². The predicted octanol–water partition coefficient (Wildman–Crippen LogP) is 12.6. The van der Waals surface area contributed by atoms with Crippen LogP contribution in [-0.4, -0.2) is 49.9 Å². The number of phosphoric acid groups is 1. The Morgan fingerprint density at radius 1 is 0.585 bits per heavy atom. The molecule has 9 heteroatoms. The number of carbonyl (C=O) groups is 1. The van der Waals surface area contributed by atoms with Crippen LogP contribution < -0.4 is 5.73 Å². The van der Waals surface area contributed by atoms with Crippen LogP contribution in [0, 0.1) is 0 Å². The number of allylic oxidation sites excluding steroid dienone is 10. The fourth-order valence-electron chi connectivity index (χ4n) is 5.57. The first kappa shape index (κ1) is 51.2. The first-order valence-corrected chi connectivity index (χ1v) is 22.8. The molecule has 0 bridgehead atoms. The molecule has 0 saturated heterocycles. The van der Waals surface area contributed by atoms with E-state index in [9.17, 15) is 14.3 Å². The molecule has 0 radical (unpaired) electrons. The summed E-state index contributed by atoms with van der Waals surface area (Å²) in [5, 5.41) is 0. The molecule has 2 atom stereocenters. The van der Waals surface area contributed by atoms with Crippen molar-refractivity contribution in [2.24, 2.45) is 5.73 Å². The van der Waals surface area contributed by atoms with Crippen molar-refractivity contribution in [1.29, 1.82) is 0 Å². The number of unbranched alkanes of at least 4 members (excludes halogenated alkanes) is 17. The fourth-order valence-corrected chi connectivity index (χ4v) is 6.33. The van der Waals surface area contributed by atoms with E-state index in [1.807, 2.05) is 0 Å². The average Bonchev–Trinajstić information content (AvgIpc) is 3.15. The van der Waals surface area contributed by atoms with Gasteiger partial charge in [-0.25, -0.2) is 4.57 Å². The molecule has 0 aliphatic carbocycles. The van der Waals surface area contributed by atoms with Crippen LogP contribution in [0.15, 0.2) is 60.8 Å². The van der Waals surface area contributed by atoms with Crippen molar-refractivity contribution in [2.45, 2.75) is 180 Å².